The molecule has 4 rings (SSSR count). The van der Waals surface area contributed by atoms with Gasteiger partial charge in [0, 0.05) is 31.5 Å². The van der Waals surface area contributed by atoms with Gasteiger partial charge in [-0.15, -0.1) is 0 Å². The first-order chi connectivity index (χ1) is 14.4. The zero-order valence-corrected chi connectivity index (χ0v) is 17.6. The van der Waals surface area contributed by atoms with E-state index in [9.17, 15) is 9.59 Å². The number of ether oxygens (including phenoxy) is 2. The predicted molar refractivity (Wildman–Crippen MR) is 115 cm³/mol. The maximum absolute atomic E-state index is 12.7. The van der Waals surface area contributed by atoms with Crippen LogP contribution in [-0.4, -0.2) is 28.4 Å². The Morgan fingerprint density at radius 1 is 1.07 bits per heavy atom. The van der Waals surface area contributed by atoms with Crippen LogP contribution in [0.25, 0.3) is 11.0 Å². The van der Waals surface area contributed by atoms with E-state index in [1.165, 1.54) is 0 Å². The Morgan fingerprint density at radius 3 is 2.50 bits per heavy atom. The molecule has 1 amide bonds. The van der Waals surface area contributed by atoms with Crippen LogP contribution < -0.4 is 20.5 Å². The Labute approximate surface area is 175 Å². The summed E-state index contributed by atoms with van der Waals surface area (Å²) in [7, 11) is 0. The number of nitrogens with one attached hydrogen (secondary N) is 1. The number of nitrogens with zero attached hydrogens (tertiary/aromatic N) is 2. The average Bonchev–Trinajstić information content (AvgIpc) is 3.32. The van der Waals surface area contributed by atoms with Crippen molar-refractivity contribution in [1.29, 1.82) is 0 Å². The van der Waals surface area contributed by atoms with Gasteiger partial charge in [0.15, 0.2) is 11.5 Å². The van der Waals surface area contributed by atoms with Crippen molar-refractivity contribution >= 4 is 16.9 Å². The fourth-order valence-corrected chi connectivity index (χ4v) is 3.84. The van der Waals surface area contributed by atoms with Crippen LogP contribution in [0.2, 0.25) is 0 Å². The number of benzene rings is 2. The molecule has 2 heterocycles. The minimum absolute atomic E-state index is 0.0767. The number of para-hydroxylation sites is 2. The first-order valence-corrected chi connectivity index (χ1v) is 10.3. The third-order valence-electron chi connectivity index (χ3n) is 5.69. The van der Waals surface area contributed by atoms with E-state index in [0.29, 0.717) is 19.6 Å². The fraction of sp³-hybridized carbons (Fsp3) is 0.391. The molecular formula is C23H27N3O4. The van der Waals surface area contributed by atoms with Crippen LogP contribution >= 0.6 is 0 Å². The van der Waals surface area contributed by atoms with Crippen LogP contribution in [0.1, 0.15) is 32.8 Å². The van der Waals surface area contributed by atoms with E-state index in [4.69, 9.17) is 9.47 Å². The summed E-state index contributed by atoms with van der Waals surface area (Å²) in [6.45, 7) is 7.77. The SMILES string of the molecule is CCn1c(=O)n(CCC(=O)NCC(C)(C)c2ccc3c(c2)OCO3)c2ccccc21. The summed E-state index contributed by atoms with van der Waals surface area (Å²) in [5, 5.41) is 3.01. The first kappa shape index (κ1) is 20.1. The molecule has 0 atom stereocenters. The molecule has 7 nitrogen and oxygen atoms in total. The third kappa shape index (κ3) is 3.67. The maximum atomic E-state index is 12.7. The highest BCUT2D eigenvalue weighted by Crippen LogP contribution is 2.36. The van der Waals surface area contributed by atoms with E-state index in [0.717, 1.165) is 28.1 Å². The molecule has 0 saturated heterocycles. The van der Waals surface area contributed by atoms with Crippen LogP contribution in [0, 0.1) is 0 Å². The van der Waals surface area contributed by atoms with E-state index in [1.54, 1.807) is 9.13 Å². The number of aryl methyl sites for hydroxylation is 2. The van der Waals surface area contributed by atoms with E-state index in [-0.39, 0.29) is 30.2 Å². The van der Waals surface area contributed by atoms with Gasteiger partial charge in [-0.1, -0.05) is 32.0 Å². The van der Waals surface area contributed by atoms with Crippen molar-refractivity contribution in [2.45, 2.75) is 45.7 Å². The standard InChI is InChI=1S/C23H27N3O4/c1-4-25-17-7-5-6-8-18(17)26(22(25)28)12-11-21(27)24-14-23(2,3)16-9-10-19-20(13-16)30-15-29-19/h5-10,13H,4,11-12,14-15H2,1-3H3,(H,24,27). The monoisotopic (exact) mass is 409 g/mol. The summed E-state index contributed by atoms with van der Waals surface area (Å²) in [5.74, 6) is 1.40. The van der Waals surface area contributed by atoms with Crippen LogP contribution in [0.3, 0.4) is 0 Å². The van der Waals surface area contributed by atoms with Gasteiger partial charge < -0.3 is 14.8 Å². The van der Waals surface area contributed by atoms with Crippen molar-refractivity contribution < 1.29 is 14.3 Å². The third-order valence-corrected chi connectivity index (χ3v) is 5.69. The van der Waals surface area contributed by atoms with Crippen LogP contribution in [-0.2, 0) is 23.3 Å². The van der Waals surface area contributed by atoms with Crippen molar-refractivity contribution in [3.05, 3.63) is 58.5 Å². The summed E-state index contributed by atoms with van der Waals surface area (Å²) >= 11 is 0. The van der Waals surface area contributed by atoms with Crippen LogP contribution in [0.15, 0.2) is 47.3 Å². The van der Waals surface area contributed by atoms with E-state index >= 15 is 0 Å². The molecule has 30 heavy (non-hydrogen) atoms. The summed E-state index contributed by atoms with van der Waals surface area (Å²) < 4.78 is 14.2. The lowest BCUT2D eigenvalue weighted by Gasteiger charge is -2.26. The molecule has 2 aromatic carbocycles. The summed E-state index contributed by atoms with van der Waals surface area (Å²) in [6.07, 6.45) is 0.245. The molecule has 0 aliphatic carbocycles. The molecule has 1 N–H and O–H groups in total. The molecule has 0 spiro atoms. The second-order valence-electron chi connectivity index (χ2n) is 8.15. The Morgan fingerprint density at radius 2 is 1.77 bits per heavy atom. The number of carbonyl (C=O) groups is 1. The average molecular weight is 409 g/mol. The second-order valence-corrected chi connectivity index (χ2v) is 8.15. The largest absolute Gasteiger partial charge is 0.454 e. The first-order valence-electron chi connectivity index (χ1n) is 10.3. The number of fused-ring (bicyclic) bond motifs is 2. The molecular weight excluding hydrogens is 382 g/mol. The topological polar surface area (TPSA) is 74.5 Å². The van der Waals surface area contributed by atoms with Crippen molar-refractivity contribution in [2.24, 2.45) is 0 Å². The van der Waals surface area contributed by atoms with Gasteiger partial charge in [-0.3, -0.25) is 13.9 Å². The van der Waals surface area contributed by atoms with Crippen molar-refractivity contribution in [1.82, 2.24) is 14.5 Å². The fourth-order valence-electron chi connectivity index (χ4n) is 3.84. The normalized spacial score (nSPS) is 13.0. The lowest BCUT2D eigenvalue weighted by molar-refractivity contribution is -0.121. The Hall–Kier alpha value is -3.22. The highest BCUT2D eigenvalue weighted by atomic mass is 16.7. The van der Waals surface area contributed by atoms with Gasteiger partial charge in [0.1, 0.15) is 0 Å². The van der Waals surface area contributed by atoms with Crippen molar-refractivity contribution in [2.75, 3.05) is 13.3 Å². The summed E-state index contributed by atoms with van der Waals surface area (Å²) in [6, 6.07) is 13.5. The Balaban J connectivity index is 1.40. The zero-order valence-electron chi connectivity index (χ0n) is 17.6. The maximum Gasteiger partial charge on any atom is 0.329 e. The second kappa shape index (κ2) is 7.89. The number of rotatable bonds is 7. The quantitative estimate of drug-likeness (QED) is 0.651. The number of carbonyl (C=O) groups excluding carboxylic acids is 1. The minimum atomic E-state index is -0.272. The van der Waals surface area contributed by atoms with Gasteiger partial charge in [0.05, 0.1) is 11.0 Å². The minimum Gasteiger partial charge on any atom is -0.454 e. The molecule has 1 aliphatic rings. The summed E-state index contributed by atoms with van der Waals surface area (Å²) in [5.41, 5.74) is 2.47. The molecule has 1 aromatic heterocycles. The van der Waals surface area contributed by atoms with Crippen molar-refractivity contribution in [3.8, 4) is 11.5 Å². The Bertz CT molecular complexity index is 1140. The molecule has 158 valence electrons. The van der Waals surface area contributed by atoms with Gasteiger partial charge in [-0.05, 0) is 36.8 Å². The van der Waals surface area contributed by atoms with Gasteiger partial charge >= 0.3 is 5.69 Å². The van der Waals surface area contributed by atoms with Gasteiger partial charge in [0.2, 0.25) is 12.7 Å². The molecule has 3 aromatic rings. The molecule has 0 fully saturated rings. The van der Waals surface area contributed by atoms with Gasteiger partial charge in [-0.2, -0.15) is 0 Å². The van der Waals surface area contributed by atoms with E-state index in [2.05, 4.69) is 19.2 Å². The number of imidazole rings is 1. The zero-order chi connectivity index (χ0) is 21.3. The van der Waals surface area contributed by atoms with E-state index < -0.39 is 0 Å². The summed E-state index contributed by atoms with van der Waals surface area (Å²) in [4.78, 5) is 25.2. The molecule has 0 bridgehead atoms. The number of hydrogen-bond acceptors (Lipinski definition) is 4. The van der Waals surface area contributed by atoms with E-state index in [1.807, 2.05) is 49.4 Å². The highest BCUT2D eigenvalue weighted by molar-refractivity contribution is 5.78. The van der Waals surface area contributed by atoms with Crippen molar-refractivity contribution in [3.63, 3.8) is 0 Å². The van der Waals surface area contributed by atoms with Crippen LogP contribution in [0.5, 0.6) is 11.5 Å². The molecule has 0 unspecified atom stereocenters. The number of amides is 1. The van der Waals surface area contributed by atoms with Gasteiger partial charge in [-0.25, -0.2) is 4.79 Å². The highest BCUT2D eigenvalue weighted by Gasteiger charge is 2.24. The van der Waals surface area contributed by atoms with Crippen LogP contribution in [0.4, 0.5) is 0 Å². The predicted octanol–water partition coefficient (Wildman–Crippen LogP) is 3.04. The Kier molecular flexibility index (Phi) is 5.28. The molecule has 0 saturated carbocycles. The lowest BCUT2D eigenvalue weighted by Crippen LogP contribution is -2.37. The molecule has 0 radical (unpaired) electrons. The smallest absolute Gasteiger partial charge is 0.329 e. The van der Waals surface area contributed by atoms with Gasteiger partial charge in [0.25, 0.3) is 0 Å². The molecule has 7 heteroatoms. The number of hydrogen-bond donors (Lipinski definition) is 1. The molecule has 1 aliphatic heterocycles. The lowest BCUT2D eigenvalue weighted by atomic mass is 9.84. The number of aromatic nitrogens is 2.